The zero-order valence-corrected chi connectivity index (χ0v) is 39.1. The summed E-state index contributed by atoms with van der Waals surface area (Å²) in [5, 5.41) is 15.4. The van der Waals surface area contributed by atoms with Crippen LogP contribution < -0.4 is 14.2 Å². The first-order chi connectivity index (χ1) is 29.8. The molecule has 1 aliphatic heterocycles. The van der Waals surface area contributed by atoms with Crippen molar-refractivity contribution in [1.82, 2.24) is 5.06 Å². The van der Waals surface area contributed by atoms with Crippen molar-refractivity contribution in [1.29, 1.82) is 0 Å². The topological polar surface area (TPSA) is 67.9 Å². The molecule has 1 aliphatic rings. The van der Waals surface area contributed by atoms with Crippen LogP contribution in [0.5, 0.6) is 17.2 Å². The number of carbonyl (C=O) groups is 1. The molecule has 1 radical (unpaired) electrons. The molecule has 0 saturated carbocycles. The third-order valence-electron chi connectivity index (χ3n) is 13.3. The summed E-state index contributed by atoms with van der Waals surface area (Å²) in [6.45, 7) is 10.0. The van der Waals surface area contributed by atoms with Crippen LogP contribution in [0.1, 0.15) is 229 Å². The van der Waals surface area contributed by atoms with E-state index in [-0.39, 0.29) is 0 Å². The van der Waals surface area contributed by atoms with Crippen LogP contribution in [0.3, 0.4) is 0 Å². The largest absolute Gasteiger partial charge is 0.494 e. The number of ether oxygens (including phenoxy) is 3. The first kappa shape index (κ1) is 50.3. The van der Waals surface area contributed by atoms with Gasteiger partial charge in [0.05, 0.1) is 29.9 Å². The normalized spacial score (nSPS) is 17.8. The van der Waals surface area contributed by atoms with Gasteiger partial charge in [0.2, 0.25) is 0 Å². The van der Waals surface area contributed by atoms with Gasteiger partial charge in [-0.05, 0) is 99.2 Å². The van der Waals surface area contributed by atoms with Crippen molar-refractivity contribution in [3.8, 4) is 17.2 Å². The Morgan fingerprint density at radius 2 is 0.738 bits per heavy atom. The number of hydrogen-bond acceptors (Lipinski definition) is 5. The maximum Gasteiger partial charge on any atom is 0.343 e. The van der Waals surface area contributed by atoms with E-state index in [1.54, 1.807) is 24.3 Å². The summed E-state index contributed by atoms with van der Waals surface area (Å²) < 4.78 is 17.7. The Morgan fingerprint density at radius 1 is 0.443 bits per heavy atom. The summed E-state index contributed by atoms with van der Waals surface area (Å²) in [5.74, 6) is 1.66. The average molecular weight is 839 g/mol. The maximum atomic E-state index is 14.1. The number of hydroxylamine groups is 2. The predicted octanol–water partition coefficient (Wildman–Crippen LogP) is 16.4. The molecule has 0 unspecified atom stereocenters. The van der Waals surface area contributed by atoms with Gasteiger partial charge in [0.15, 0.2) is 0 Å². The number of hydrogen-bond donors (Lipinski definition) is 0. The lowest BCUT2D eigenvalue weighted by molar-refractivity contribution is -0.260. The number of benzene rings is 3. The molecular formula is C55H84NO5. The molecule has 0 amide bonds. The molecule has 0 bridgehead atoms. The Kier molecular flexibility index (Phi) is 24.0. The summed E-state index contributed by atoms with van der Waals surface area (Å²) in [6.07, 6.45) is 36.1. The van der Waals surface area contributed by atoms with Gasteiger partial charge in [0.25, 0.3) is 0 Å². The van der Waals surface area contributed by atoms with Crippen LogP contribution in [0.2, 0.25) is 0 Å². The predicted molar refractivity (Wildman–Crippen MR) is 253 cm³/mol. The number of unbranched alkanes of at least 4 members (excludes halogenated alkanes) is 24. The number of esters is 1. The number of nitrogens with zero attached hydrogens (tertiary/aromatic N) is 1. The first-order valence-electron chi connectivity index (χ1n) is 25.1. The minimum absolute atomic E-state index is 0.419. The van der Waals surface area contributed by atoms with E-state index in [0.717, 1.165) is 54.9 Å². The van der Waals surface area contributed by atoms with Crippen LogP contribution >= 0.6 is 0 Å². The molecule has 2 atom stereocenters. The second kappa shape index (κ2) is 29.1. The van der Waals surface area contributed by atoms with Crippen molar-refractivity contribution < 1.29 is 24.2 Å². The maximum absolute atomic E-state index is 14.1. The zero-order valence-electron chi connectivity index (χ0n) is 39.1. The van der Waals surface area contributed by atoms with Gasteiger partial charge in [0.1, 0.15) is 17.2 Å². The van der Waals surface area contributed by atoms with Crippen molar-refractivity contribution in [2.75, 3.05) is 13.2 Å². The molecular weight excluding hydrogens is 755 g/mol. The second-order valence-electron chi connectivity index (χ2n) is 18.5. The van der Waals surface area contributed by atoms with Gasteiger partial charge in [-0.3, -0.25) is 0 Å². The highest BCUT2D eigenvalue weighted by Crippen LogP contribution is 2.51. The molecule has 61 heavy (non-hydrogen) atoms. The third-order valence-corrected chi connectivity index (χ3v) is 13.3. The van der Waals surface area contributed by atoms with E-state index >= 15 is 0 Å². The molecule has 0 aromatic heterocycles. The Labute approximate surface area is 372 Å². The van der Waals surface area contributed by atoms with E-state index in [0.29, 0.717) is 17.9 Å². The van der Waals surface area contributed by atoms with Crippen molar-refractivity contribution in [2.45, 2.75) is 219 Å². The van der Waals surface area contributed by atoms with E-state index in [9.17, 15) is 10.0 Å². The van der Waals surface area contributed by atoms with Gasteiger partial charge in [-0.1, -0.05) is 192 Å². The molecule has 0 N–H and O–H groups in total. The Hall–Kier alpha value is -3.35. The van der Waals surface area contributed by atoms with Gasteiger partial charge in [-0.2, -0.15) is 0 Å². The highest BCUT2D eigenvalue weighted by molar-refractivity contribution is 5.91. The van der Waals surface area contributed by atoms with Gasteiger partial charge in [-0.15, -0.1) is 10.3 Å². The van der Waals surface area contributed by atoms with Crippen LogP contribution in [0.4, 0.5) is 0 Å². The molecule has 4 rings (SSSR count). The Balaban J connectivity index is 1.10. The number of rotatable bonds is 34. The van der Waals surface area contributed by atoms with E-state index in [1.807, 2.05) is 50.2 Å². The quantitative estimate of drug-likeness (QED) is 0.0340. The summed E-state index contributed by atoms with van der Waals surface area (Å²) in [5.41, 5.74) is 1.02. The highest BCUT2D eigenvalue weighted by atomic mass is 16.5. The average Bonchev–Trinajstić information content (AvgIpc) is 3.52. The molecule has 6 heteroatoms. The third kappa shape index (κ3) is 17.7. The van der Waals surface area contributed by atoms with Crippen LogP contribution in [-0.2, 0) is 16.3 Å². The number of carbonyl (C=O) groups excluding carboxylic acids is 1. The zero-order chi connectivity index (χ0) is 43.4. The van der Waals surface area contributed by atoms with E-state index in [1.165, 1.54) is 159 Å². The SMILES string of the molecule is CCCCCCCCCCCCCCCOc1ccc(C(=O)Oc2ccc([C@]3(C)CC[C@@](C)(c4ccc(OCCCCCCCCCCCCCCC)cc4)N3[O])cc2)cc1. The lowest BCUT2D eigenvalue weighted by Crippen LogP contribution is -2.44. The van der Waals surface area contributed by atoms with Crippen molar-refractivity contribution in [2.24, 2.45) is 0 Å². The Bertz CT molecular complexity index is 1570. The molecule has 1 fully saturated rings. The van der Waals surface area contributed by atoms with Gasteiger partial charge in [-0.25, -0.2) is 4.79 Å². The summed E-state index contributed by atoms with van der Waals surface area (Å²) in [7, 11) is 0. The van der Waals surface area contributed by atoms with Crippen LogP contribution in [0.15, 0.2) is 72.8 Å². The fraction of sp³-hybridized carbons (Fsp3) is 0.655. The first-order valence-corrected chi connectivity index (χ1v) is 25.1. The van der Waals surface area contributed by atoms with E-state index in [2.05, 4.69) is 26.0 Å². The molecule has 6 nitrogen and oxygen atoms in total. The fourth-order valence-corrected chi connectivity index (χ4v) is 9.02. The smallest absolute Gasteiger partial charge is 0.343 e. The molecule has 0 aliphatic carbocycles. The van der Waals surface area contributed by atoms with E-state index in [4.69, 9.17) is 14.2 Å². The van der Waals surface area contributed by atoms with Crippen molar-refractivity contribution >= 4 is 5.97 Å². The van der Waals surface area contributed by atoms with Crippen molar-refractivity contribution in [3.63, 3.8) is 0 Å². The molecule has 339 valence electrons. The molecule has 1 heterocycles. The highest BCUT2D eigenvalue weighted by Gasteiger charge is 2.52. The second-order valence-corrected chi connectivity index (χ2v) is 18.5. The Morgan fingerprint density at radius 3 is 1.08 bits per heavy atom. The van der Waals surface area contributed by atoms with Gasteiger partial charge >= 0.3 is 5.97 Å². The standard InChI is InChI=1S/C55H84NO5/c1-5-7-9-11-13-15-17-19-21-23-25-27-29-45-59-50-37-31-47(32-38-50)53(57)61-52-41-35-49(36-42-52)55(4)44-43-54(3,56(55)58)48-33-39-51(40-34-48)60-46-30-28-26-24-22-20-18-16-14-12-10-8-6-2/h31-42H,5-30,43-46H2,1-4H3/t54-,55-/m0/s1. The van der Waals surface area contributed by atoms with Crippen LogP contribution in [-0.4, -0.2) is 24.2 Å². The van der Waals surface area contributed by atoms with E-state index < -0.39 is 17.0 Å². The molecule has 3 aromatic rings. The molecule has 0 spiro atoms. The van der Waals surface area contributed by atoms with Crippen LogP contribution in [0, 0.1) is 0 Å². The van der Waals surface area contributed by atoms with Gasteiger partial charge < -0.3 is 14.2 Å². The minimum atomic E-state index is -0.705. The van der Waals surface area contributed by atoms with Gasteiger partial charge in [0, 0.05) is 0 Å². The monoisotopic (exact) mass is 839 g/mol. The summed E-state index contributed by atoms with van der Waals surface area (Å²) >= 11 is 0. The van der Waals surface area contributed by atoms with Crippen LogP contribution in [0.25, 0.3) is 0 Å². The fourth-order valence-electron chi connectivity index (χ4n) is 9.02. The molecule has 1 saturated heterocycles. The summed E-state index contributed by atoms with van der Waals surface area (Å²) in [6, 6.07) is 22.7. The summed E-state index contributed by atoms with van der Waals surface area (Å²) in [4.78, 5) is 13.0. The lowest BCUT2D eigenvalue weighted by atomic mass is 9.89. The van der Waals surface area contributed by atoms with Crippen molar-refractivity contribution in [3.05, 3.63) is 89.5 Å². The molecule has 3 aromatic carbocycles. The lowest BCUT2D eigenvalue weighted by Gasteiger charge is -2.37. The minimum Gasteiger partial charge on any atom is -0.494 e.